The van der Waals surface area contributed by atoms with Gasteiger partial charge in [-0.3, -0.25) is 0 Å². The fourth-order valence-corrected chi connectivity index (χ4v) is 3.77. The van der Waals surface area contributed by atoms with E-state index in [-0.39, 0.29) is 22.7 Å². The predicted octanol–water partition coefficient (Wildman–Crippen LogP) is 2.69. The number of sulfonamides is 1. The Morgan fingerprint density at radius 2 is 1.95 bits per heavy atom. The van der Waals surface area contributed by atoms with Crippen molar-refractivity contribution >= 4 is 15.7 Å². The van der Waals surface area contributed by atoms with E-state index >= 15 is 0 Å². The fraction of sp³-hybridized carbons (Fsp3) is 0.429. The van der Waals surface area contributed by atoms with Crippen LogP contribution >= 0.6 is 0 Å². The molecule has 0 bridgehead atoms. The first-order chi connectivity index (χ1) is 9.01. The summed E-state index contributed by atoms with van der Waals surface area (Å²) in [4.78, 5) is -0.00863. The third kappa shape index (κ3) is 3.19. The lowest BCUT2D eigenvalue weighted by Gasteiger charge is -2.33. The predicted molar refractivity (Wildman–Crippen MR) is 79.4 cm³/mol. The standard InChI is InChI=1S/C14H21FN2O2S/c1-6-7-17(14(3,4)5)20(18,19)11-8-10(2)13(15)12(16)9-11/h6,8-9H,1,7,16H2,2-5H3. The summed E-state index contributed by atoms with van der Waals surface area (Å²) in [5, 5.41) is 0. The fourth-order valence-electron chi connectivity index (χ4n) is 1.89. The zero-order chi connectivity index (χ0) is 15.7. The van der Waals surface area contributed by atoms with Crippen molar-refractivity contribution in [2.45, 2.75) is 38.1 Å². The van der Waals surface area contributed by atoms with Crippen molar-refractivity contribution in [2.75, 3.05) is 12.3 Å². The number of aryl methyl sites for hydroxylation is 1. The molecule has 112 valence electrons. The molecule has 0 atom stereocenters. The number of halogens is 1. The van der Waals surface area contributed by atoms with Crippen LogP contribution in [-0.2, 0) is 10.0 Å². The first kappa shape index (κ1) is 16.7. The minimum atomic E-state index is -3.77. The third-order valence-electron chi connectivity index (χ3n) is 2.89. The van der Waals surface area contributed by atoms with Crippen LogP contribution in [0.2, 0.25) is 0 Å². The molecule has 0 spiro atoms. The van der Waals surface area contributed by atoms with Gasteiger partial charge < -0.3 is 5.73 Å². The van der Waals surface area contributed by atoms with Crippen LogP contribution in [0.25, 0.3) is 0 Å². The van der Waals surface area contributed by atoms with Crippen LogP contribution in [0.15, 0.2) is 29.7 Å². The Bertz CT molecular complexity index is 596. The van der Waals surface area contributed by atoms with Crippen LogP contribution in [0, 0.1) is 12.7 Å². The van der Waals surface area contributed by atoms with Gasteiger partial charge in [-0.2, -0.15) is 4.31 Å². The maximum atomic E-state index is 13.5. The van der Waals surface area contributed by atoms with Crippen molar-refractivity contribution in [1.29, 1.82) is 0 Å². The highest BCUT2D eigenvalue weighted by Gasteiger charge is 2.33. The van der Waals surface area contributed by atoms with E-state index in [1.807, 2.05) is 0 Å². The Hall–Kier alpha value is -1.40. The minimum absolute atomic E-state index is 0.00863. The number of anilines is 1. The summed E-state index contributed by atoms with van der Waals surface area (Å²) in [7, 11) is -3.77. The normalized spacial score (nSPS) is 12.7. The molecule has 0 unspecified atom stereocenters. The van der Waals surface area contributed by atoms with Crippen LogP contribution in [-0.4, -0.2) is 24.8 Å². The Morgan fingerprint density at radius 3 is 2.35 bits per heavy atom. The topological polar surface area (TPSA) is 63.4 Å². The highest BCUT2D eigenvalue weighted by Crippen LogP contribution is 2.27. The minimum Gasteiger partial charge on any atom is -0.396 e. The van der Waals surface area contributed by atoms with Crippen molar-refractivity contribution < 1.29 is 12.8 Å². The van der Waals surface area contributed by atoms with Crippen molar-refractivity contribution in [3.63, 3.8) is 0 Å². The van der Waals surface area contributed by atoms with Gasteiger partial charge in [0, 0.05) is 12.1 Å². The van der Waals surface area contributed by atoms with Crippen LogP contribution < -0.4 is 5.73 Å². The number of hydrogen-bond donors (Lipinski definition) is 1. The number of nitrogens with zero attached hydrogens (tertiary/aromatic N) is 1. The summed E-state index contributed by atoms with van der Waals surface area (Å²) in [6.07, 6.45) is 1.52. The van der Waals surface area contributed by atoms with Gasteiger partial charge in [-0.25, -0.2) is 12.8 Å². The van der Waals surface area contributed by atoms with E-state index in [1.54, 1.807) is 20.8 Å². The molecule has 2 N–H and O–H groups in total. The van der Waals surface area contributed by atoms with Crippen molar-refractivity contribution in [3.8, 4) is 0 Å². The van der Waals surface area contributed by atoms with E-state index in [9.17, 15) is 12.8 Å². The molecule has 0 heterocycles. The summed E-state index contributed by atoms with van der Waals surface area (Å²) in [6, 6.07) is 2.45. The number of nitrogens with two attached hydrogens (primary N) is 1. The summed E-state index contributed by atoms with van der Waals surface area (Å²) in [5.41, 5.74) is 4.94. The molecule has 0 amide bonds. The second kappa shape index (κ2) is 5.54. The van der Waals surface area contributed by atoms with Gasteiger partial charge in [-0.15, -0.1) is 6.58 Å². The SMILES string of the molecule is C=CCN(C(C)(C)C)S(=O)(=O)c1cc(C)c(F)c(N)c1. The maximum absolute atomic E-state index is 13.5. The van der Waals surface area contributed by atoms with Crippen molar-refractivity contribution in [3.05, 3.63) is 36.2 Å². The molecule has 6 heteroatoms. The van der Waals surface area contributed by atoms with E-state index in [1.165, 1.54) is 23.4 Å². The third-order valence-corrected chi connectivity index (χ3v) is 5.00. The van der Waals surface area contributed by atoms with Crippen LogP contribution in [0.5, 0.6) is 0 Å². The van der Waals surface area contributed by atoms with Crippen LogP contribution in [0.3, 0.4) is 0 Å². The van der Waals surface area contributed by atoms with Gasteiger partial charge in [-0.05, 0) is 45.4 Å². The van der Waals surface area contributed by atoms with E-state index in [2.05, 4.69) is 6.58 Å². The van der Waals surface area contributed by atoms with Gasteiger partial charge in [0.15, 0.2) is 0 Å². The lowest BCUT2D eigenvalue weighted by molar-refractivity contribution is 0.270. The Kier molecular flexibility index (Phi) is 4.61. The van der Waals surface area contributed by atoms with Gasteiger partial charge in [0.05, 0.1) is 10.6 Å². The molecule has 1 aromatic carbocycles. The summed E-state index contributed by atoms with van der Waals surface area (Å²) in [6.45, 7) is 10.6. The average molecular weight is 300 g/mol. The zero-order valence-electron chi connectivity index (χ0n) is 12.3. The molecule has 0 saturated carbocycles. The van der Waals surface area contributed by atoms with E-state index in [0.717, 1.165) is 6.07 Å². The molecule has 20 heavy (non-hydrogen) atoms. The number of rotatable bonds is 4. The Morgan fingerprint density at radius 1 is 1.40 bits per heavy atom. The number of nitrogen functional groups attached to an aromatic ring is 1. The molecule has 0 aliphatic heterocycles. The van der Waals surface area contributed by atoms with Crippen molar-refractivity contribution in [1.82, 2.24) is 4.31 Å². The monoisotopic (exact) mass is 300 g/mol. The molecular weight excluding hydrogens is 279 g/mol. The molecule has 1 aromatic rings. The molecule has 0 saturated heterocycles. The van der Waals surface area contributed by atoms with Crippen LogP contribution in [0.4, 0.5) is 10.1 Å². The Labute approximate surface area is 120 Å². The molecule has 0 radical (unpaired) electrons. The highest BCUT2D eigenvalue weighted by atomic mass is 32.2. The Balaban J connectivity index is 3.45. The quantitative estimate of drug-likeness (QED) is 0.687. The molecular formula is C14H21FN2O2S. The molecule has 0 aromatic heterocycles. The zero-order valence-corrected chi connectivity index (χ0v) is 13.1. The largest absolute Gasteiger partial charge is 0.396 e. The van der Waals surface area contributed by atoms with Crippen molar-refractivity contribution in [2.24, 2.45) is 0 Å². The van der Waals surface area contributed by atoms with Crippen LogP contribution in [0.1, 0.15) is 26.3 Å². The average Bonchev–Trinajstić information content (AvgIpc) is 2.30. The highest BCUT2D eigenvalue weighted by molar-refractivity contribution is 7.89. The second-order valence-corrected chi connectivity index (χ2v) is 7.50. The lowest BCUT2D eigenvalue weighted by atomic mass is 10.1. The van der Waals surface area contributed by atoms with E-state index in [4.69, 9.17) is 5.73 Å². The second-order valence-electron chi connectivity index (χ2n) is 5.64. The first-order valence-corrected chi connectivity index (χ1v) is 7.65. The lowest BCUT2D eigenvalue weighted by Crippen LogP contribution is -2.45. The summed E-state index contributed by atoms with van der Waals surface area (Å²) in [5.74, 6) is -0.588. The number of hydrogen-bond acceptors (Lipinski definition) is 3. The van der Waals surface area contributed by atoms with Gasteiger partial charge in [-0.1, -0.05) is 6.08 Å². The molecule has 4 nitrogen and oxygen atoms in total. The molecule has 0 fully saturated rings. The molecule has 0 aliphatic carbocycles. The van der Waals surface area contributed by atoms with E-state index < -0.39 is 21.4 Å². The maximum Gasteiger partial charge on any atom is 0.243 e. The first-order valence-electron chi connectivity index (χ1n) is 6.21. The summed E-state index contributed by atoms with van der Waals surface area (Å²) < 4.78 is 40.2. The van der Waals surface area contributed by atoms with Gasteiger partial charge in [0.25, 0.3) is 0 Å². The van der Waals surface area contributed by atoms with Gasteiger partial charge >= 0.3 is 0 Å². The summed E-state index contributed by atoms with van der Waals surface area (Å²) >= 11 is 0. The van der Waals surface area contributed by atoms with Gasteiger partial charge in [0.2, 0.25) is 10.0 Å². The molecule has 1 rings (SSSR count). The van der Waals surface area contributed by atoms with Gasteiger partial charge in [0.1, 0.15) is 5.82 Å². The number of benzene rings is 1. The smallest absolute Gasteiger partial charge is 0.243 e. The van der Waals surface area contributed by atoms with E-state index in [0.29, 0.717) is 0 Å². The molecule has 0 aliphatic rings.